The van der Waals surface area contributed by atoms with Gasteiger partial charge < -0.3 is 23.5 Å². The maximum Gasteiger partial charge on any atom is 0.303 e. The summed E-state index contributed by atoms with van der Waals surface area (Å²) >= 11 is 0. The number of fused-ring (bicyclic) bond motifs is 5. The summed E-state index contributed by atoms with van der Waals surface area (Å²) in [6.45, 7) is 6.44. The maximum atomic E-state index is 14.3. The van der Waals surface area contributed by atoms with Crippen molar-refractivity contribution in [2.24, 2.45) is 0 Å². The van der Waals surface area contributed by atoms with E-state index < -0.39 is 16.1 Å². The number of ether oxygens (including phenoxy) is 2. The first kappa shape index (κ1) is 35.0. The molecule has 2 aliphatic heterocycles. The fraction of sp³-hybridized carbons (Fsp3) is 0.447. The van der Waals surface area contributed by atoms with E-state index in [9.17, 15) is 18.0 Å². The molecule has 0 bridgehead atoms. The van der Waals surface area contributed by atoms with Crippen molar-refractivity contribution in [3.63, 3.8) is 0 Å². The molecule has 7 rings (SSSR count). The Hall–Kier alpha value is -4.46. The fourth-order valence-corrected chi connectivity index (χ4v) is 8.24. The first-order valence-corrected chi connectivity index (χ1v) is 19.2. The van der Waals surface area contributed by atoms with Gasteiger partial charge in [0.25, 0.3) is 11.8 Å². The third-order valence-electron chi connectivity index (χ3n) is 10.4. The molecule has 2 aromatic heterocycles. The number of allylic oxidation sites excluding steroid dienone is 1. The Balaban J connectivity index is 1.46. The third kappa shape index (κ3) is 6.47. The molecule has 13 heteroatoms. The van der Waals surface area contributed by atoms with E-state index >= 15 is 0 Å². The number of imidazole rings is 1. The van der Waals surface area contributed by atoms with Crippen LogP contribution in [0.1, 0.15) is 95.6 Å². The predicted molar refractivity (Wildman–Crippen MR) is 197 cm³/mol. The Morgan fingerprint density at radius 2 is 1.78 bits per heavy atom. The Morgan fingerprint density at radius 3 is 2.47 bits per heavy atom. The number of benzene rings is 2. The highest BCUT2D eigenvalue weighted by molar-refractivity contribution is 7.87. The van der Waals surface area contributed by atoms with Crippen molar-refractivity contribution in [2.75, 3.05) is 47.5 Å². The number of methoxy groups -OCH3 is 1. The monoisotopic (exact) mass is 714 g/mol. The molecule has 0 unspecified atom stereocenters. The molecule has 12 nitrogen and oxygen atoms in total. The van der Waals surface area contributed by atoms with Crippen LogP contribution in [0.4, 0.5) is 0 Å². The summed E-state index contributed by atoms with van der Waals surface area (Å²) in [4.78, 5) is 34.5. The molecule has 51 heavy (non-hydrogen) atoms. The van der Waals surface area contributed by atoms with Crippen molar-refractivity contribution in [1.82, 2.24) is 28.0 Å². The maximum absolute atomic E-state index is 14.3. The molecule has 270 valence electrons. The minimum Gasteiger partial charge on any atom is -0.497 e. The highest BCUT2D eigenvalue weighted by Crippen LogP contribution is 2.48. The molecular weight excluding hydrogens is 669 g/mol. The van der Waals surface area contributed by atoms with Gasteiger partial charge in [-0.25, -0.2) is 9.71 Å². The van der Waals surface area contributed by atoms with Gasteiger partial charge in [0, 0.05) is 60.8 Å². The topological polar surface area (TPSA) is 128 Å². The zero-order valence-electron chi connectivity index (χ0n) is 29.9. The van der Waals surface area contributed by atoms with Crippen molar-refractivity contribution >= 4 is 44.6 Å². The molecule has 4 aromatic rings. The molecule has 1 saturated carbocycles. The van der Waals surface area contributed by atoms with Crippen LogP contribution in [-0.4, -0.2) is 91.1 Å². The minimum atomic E-state index is -4.00. The molecule has 2 aromatic carbocycles. The number of carbonyl (C=O) groups excluding carboxylic acids is 2. The summed E-state index contributed by atoms with van der Waals surface area (Å²) in [6, 6.07) is 11.6. The summed E-state index contributed by atoms with van der Waals surface area (Å²) in [5.41, 5.74) is 7.30. The lowest BCUT2D eigenvalue weighted by Crippen LogP contribution is -2.41. The molecule has 1 N–H and O–H groups in total. The number of hydrogen-bond acceptors (Lipinski definition) is 7. The first-order chi connectivity index (χ1) is 24.5. The summed E-state index contributed by atoms with van der Waals surface area (Å²) in [5, 5.41) is 1.03. The van der Waals surface area contributed by atoms with Crippen molar-refractivity contribution < 1.29 is 27.5 Å². The van der Waals surface area contributed by atoms with E-state index in [1.165, 1.54) is 26.1 Å². The molecule has 4 heterocycles. The summed E-state index contributed by atoms with van der Waals surface area (Å²) in [5.74, 6) is 0.230. The third-order valence-corrected chi connectivity index (χ3v) is 11.8. The van der Waals surface area contributed by atoms with E-state index in [0.717, 1.165) is 63.3 Å². The number of carbonyl (C=O) groups is 2. The Morgan fingerprint density at radius 1 is 1.04 bits per heavy atom. The van der Waals surface area contributed by atoms with Crippen LogP contribution in [-0.2, 0) is 21.5 Å². The van der Waals surface area contributed by atoms with Gasteiger partial charge in [-0.3, -0.25) is 9.59 Å². The van der Waals surface area contributed by atoms with Crippen molar-refractivity contribution in [3.8, 4) is 17.0 Å². The number of hydrogen-bond donors (Lipinski definition) is 1. The van der Waals surface area contributed by atoms with E-state index in [1.807, 2.05) is 41.5 Å². The lowest BCUT2D eigenvalue weighted by Gasteiger charge is -2.28. The molecule has 2 fully saturated rings. The summed E-state index contributed by atoms with van der Waals surface area (Å²) < 4.78 is 43.9. The summed E-state index contributed by atoms with van der Waals surface area (Å²) in [7, 11) is 0.404. The molecule has 0 atom stereocenters. The average molecular weight is 715 g/mol. The highest BCUT2D eigenvalue weighted by Gasteiger charge is 2.33. The highest BCUT2D eigenvalue weighted by atomic mass is 32.2. The lowest BCUT2D eigenvalue weighted by atomic mass is 9.81. The molecule has 3 aliphatic rings. The van der Waals surface area contributed by atoms with E-state index in [4.69, 9.17) is 14.5 Å². The number of amides is 2. The van der Waals surface area contributed by atoms with Crippen LogP contribution in [0.3, 0.4) is 0 Å². The Bertz CT molecular complexity index is 2130. The van der Waals surface area contributed by atoms with Gasteiger partial charge in [-0.15, -0.1) is 0 Å². The number of nitrogens with one attached hydrogen (secondary N) is 1. The number of aromatic nitrogens is 3. The van der Waals surface area contributed by atoms with Crippen molar-refractivity contribution in [3.05, 3.63) is 70.8 Å². The molecule has 1 aliphatic carbocycles. The van der Waals surface area contributed by atoms with Crippen LogP contribution < -0.4 is 9.46 Å². The molecule has 2 amide bonds. The second-order valence-corrected chi connectivity index (χ2v) is 16.0. The van der Waals surface area contributed by atoms with Crippen LogP contribution in [0.5, 0.6) is 5.75 Å². The largest absolute Gasteiger partial charge is 0.497 e. The van der Waals surface area contributed by atoms with Crippen LogP contribution >= 0.6 is 0 Å². The molecule has 0 radical (unpaired) electrons. The van der Waals surface area contributed by atoms with E-state index in [2.05, 4.69) is 21.4 Å². The van der Waals surface area contributed by atoms with Crippen LogP contribution in [0.15, 0.2) is 42.7 Å². The standard InChI is InChI=1S/C38H46N6O6S/c1-24(2)44-23-39-34(36(44)38(46)42-15-17-50-18-16-42)28-19-27-20-29(49-5)12-14-30(27)35-33(25-9-7-6-8-10-25)31-13-11-26(21-32(31)43(35)22-28)37(45)40-51(47,48)41(3)4/h11-14,19-21,23-25H,6-10,15-18,22H2,1-5H3,(H,40,45). The number of morpholine rings is 1. The van der Waals surface area contributed by atoms with Crippen LogP contribution in [0.25, 0.3) is 33.8 Å². The SMILES string of the molecule is COc1ccc2c(c1)C=C(c1ncn(C(C)C)c1C(=O)N1CCOCC1)Cn1c-2c(C2CCCCC2)c2ccc(C(=O)NS(=O)(=O)N(C)C)cc21. The van der Waals surface area contributed by atoms with Gasteiger partial charge in [0.2, 0.25) is 0 Å². The first-order valence-electron chi connectivity index (χ1n) is 17.7. The second kappa shape index (κ2) is 13.9. The minimum absolute atomic E-state index is 0.00890. The smallest absolute Gasteiger partial charge is 0.303 e. The normalized spacial score (nSPS) is 16.9. The van der Waals surface area contributed by atoms with Gasteiger partial charge in [0.05, 0.1) is 44.6 Å². The van der Waals surface area contributed by atoms with Gasteiger partial charge in [0.1, 0.15) is 11.4 Å². The van der Waals surface area contributed by atoms with E-state index in [0.29, 0.717) is 55.9 Å². The molecule has 1 saturated heterocycles. The Labute approximate surface area is 299 Å². The molecule has 0 spiro atoms. The van der Waals surface area contributed by atoms with Gasteiger partial charge in [-0.2, -0.15) is 12.7 Å². The summed E-state index contributed by atoms with van der Waals surface area (Å²) in [6.07, 6.45) is 9.45. The Kier molecular flexibility index (Phi) is 9.55. The van der Waals surface area contributed by atoms with Gasteiger partial charge in [0.15, 0.2) is 0 Å². The van der Waals surface area contributed by atoms with Gasteiger partial charge in [-0.05, 0) is 80.1 Å². The lowest BCUT2D eigenvalue weighted by molar-refractivity contribution is 0.0294. The predicted octanol–water partition coefficient (Wildman–Crippen LogP) is 5.70. The van der Waals surface area contributed by atoms with E-state index in [-0.39, 0.29) is 17.5 Å². The van der Waals surface area contributed by atoms with Crippen LogP contribution in [0, 0.1) is 0 Å². The number of rotatable bonds is 8. The van der Waals surface area contributed by atoms with E-state index in [1.54, 1.807) is 25.6 Å². The average Bonchev–Trinajstić information content (AvgIpc) is 3.66. The van der Waals surface area contributed by atoms with Crippen LogP contribution in [0.2, 0.25) is 0 Å². The number of nitrogens with zero attached hydrogens (tertiary/aromatic N) is 5. The zero-order chi connectivity index (χ0) is 36.0. The zero-order valence-corrected chi connectivity index (χ0v) is 30.8. The van der Waals surface area contributed by atoms with Gasteiger partial charge >= 0.3 is 10.2 Å². The fourth-order valence-electron chi connectivity index (χ4n) is 7.71. The molecular formula is C38H46N6O6S. The van der Waals surface area contributed by atoms with Crippen molar-refractivity contribution in [1.29, 1.82) is 0 Å². The quantitative estimate of drug-likeness (QED) is 0.248. The van der Waals surface area contributed by atoms with Crippen molar-refractivity contribution in [2.45, 2.75) is 64.5 Å². The second-order valence-electron chi connectivity index (χ2n) is 14.1. The van der Waals surface area contributed by atoms with Gasteiger partial charge in [-0.1, -0.05) is 25.3 Å².